The van der Waals surface area contributed by atoms with Gasteiger partial charge in [0.1, 0.15) is 0 Å². The van der Waals surface area contributed by atoms with E-state index in [1.54, 1.807) is 37.4 Å². The lowest BCUT2D eigenvalue weighted by Gasteiger charge is -2.09. The highest BCUT2D eigenvalue weighted by atomic mass is 35.5. The van der Waals surface area contributed by atoms with Gasteiger partial charge in [0.15, 0.2) is 0 Å². The highest BCUT2D eigenvalue weighted by Crippen LogP contribution is 2.17. The van der Waals surface area contributed by atoms with Gasteiger partial charge in [0.2, 0.25) is 5.91 Å². The Morgan fingerprint density at radius 3 is 2.68 bits per heavy atom. The Bertz CT molecular complexity index is 734. The molecule has 0 bridgehead atoms. The summed E-state index contributed by atoms with van der Waals surface area (Å²) >= 11 is 6.09. The van der Waals surface area contributed by atoms with Crippen LogP contribution in [0.15, 0.2) is 48.5 Å². The highest BCUT2D eigenvalue weighted by molar-refractivity contribution is 6.31. The van der Waals surface area contributed by atoms with Crippen molar-refractivity contribution in [1.82, 2.24) is 5.32 Å². The van der Waals surface area contributed by atoms with E-state index in [1.807, 2.05) is 18.2 Å². The predicted octanol–water partition coefficient (Wildman–Crippen LogP) is 3.29. The first-order valence-corrected chi connectivity index (χ1v) is 8.38. The van der Waals surface area contributed by atoms with E-state index in [9.17, 15) is 9.59 Å². The fourth-order valence-corrected chi connectivity index (χ4v) is 2.51. The number of anilines is 1. The van der Waals surface area contributed by atoms with Crippen molar-refractivity contribution in [1.29, 1.82) is 0 Å². The zero-order valence-electron chi connectivity index (χ0n) is 14.0. The molecule has 0 aliphatic heterocycles. The summed E-state index contributed by atoms with van der Waals surface area (Å²) in [6.45, 7) is 0.883. The fourth-order valence-electron chi connectivity index (χ4n) is 2.28. The van der Waals surface area contributed by atoms with Crippen LogP contribution in [-0.2, 0) is 16.0 Å². The van der Waals surface area contributed by atoms with Gasteiger partial charge in [0, 0.05) is 36.3 Å². The van der Waals surface area contributed by atoms with Crippen LogP contribution in [0, 0.1) is 0 Å². The lowest BCUT2D eigenvalue weighted by molar-refractivity contribution is -0.116. The average molecular weight is 361 g/mol. The number of carbonyl (C=O) groups is 2. The zero-order valence-corrected chi connectivity index (χ0v) is 14.8. The van der Waals surface area contributed by atoms with Gasteiger partial charge in [0.05, 0.1) is 6.61 Å². The summed E-state index contributed by atoms with van der Waals surface area (Å²) in [6.07, 6.45) is 0.872. The molecule has 5 nitrogen and oxygen atoms in total. The number of nitrogens with one attached hydrogen (secondary N) is 2. The number of amides is 2. The minimum absolute atomic E-state index is 0.128. The predicted molar refractivity (Wildman–Crippen MR) is 99.1 cm³/mol. The SMILES string of the molecule is COCCNC(=O)c1cccc(NC(=O)CCc2ccccc2Cl)c1. The summed E-state index contributed by atoms with van der Waals surface area (Å²) in [7, 11) is 1.57. The van der Waals surface area contributed by atoms with E-state index in [0.717, 1.165) is 5.56 Å². The molecule has 0 radical (unpaired) electrons. The maximum absolute atomic E-state index is 12.1. The average Bonchev–Trinajstić information content (AvgIpc) is 2.61. The van der Waals surface area contributed by atoms with E-state index in [0.29, 0.717) is 42.3 Å². The summed E-state index contributed by atoms with van der Waals surface area (Å²) in [5.41, 5.74) is 2.01. The number of ether oxygens (including phenoxy) is 1. The molecular formula is C19H21ClN2O3. The minimum Gasteiger partial charge on any atom is -0.383 e. The zero-order chi connectivity index (χ0) is 18.1. The van der Waals surface area contributed by atoms with Crippen LogP contribution in [0.3, 0.4) is 0 Å². The van der Waals surface area contributed by atoms with Gasteiger partial charge in [-0.25, -0.2) is 0 Å². The molecule has 0 heterocycles. The van der Waals surface area contributed by atoms with Crippen molar-refractivity contribution >= 4 is 29.1 Å². The third kappa shape index (κ3) is 6.21. The Balaban J connectivity index is 1.89. The first-order chi connectivity index (χ1) is 12.1. The Kier molecular flexibility index (Phi) is 7.44. The topological polar surface area (TPSA) is 67.4 Å². The highest BCUT2D eigenvalue weighted by Gasteiger charge is 2.08. The molecule has 2 aromatic carbocycles. The van der Waals surface area contributed by atoms with Crippen LogP contribution >= 0.6 is 11.6 Å². The third-order valence-corrected chi connectivity index (χ3v) is 3.95. The molecule has 2 amide bonds. The van der Waals surface area contributed by atoms with Gasteiger partial charge in [-0.1, -0.05) is 35.9 Å². The van der Waals surface area contributed by atoms with Gasteiger partial charge >= 0.3 is 0 Å². The van der Waals surface area contributed by atoms with Crippen LogP contribution in [0.25, 0.3) is 0 Å². The standard InChI is InChI=1S/C19H21ClN2O3/c1-25-12-11-21-19(24)15-6-4-7-16(13-15)22-18(23)10-9-14-5-2-3-8-17(14)20/h2-8,13H,9-12H2,1H3,(H,21,24)(H,22,23). The smallest absolute Gasteiger partial charge is 0.251 e. The number of hydrogen-bond donors (Lipinski definition) is 2. The molecular weight excluding hydrogens is 340 g/mol. The van der Waals surface area contributed by atoms with E-state index < -0.39 is 0 Å². The molecule has 0 spiro atoms. The van der Waals surface area contributed by atoms with Gasteiger partial charge < -0.3 is 15.4 Å². The molecule has 2 N–H and O–H groups in total. The quantitative estimate of drug-likeness (QED) is 0.710. The fraction of sp³-hybridized carbons (Fsp3) is 0.263. The normalized spacial score (nSPS) is 10.3. The third-order valence-electron chi connectivity index (χ3n) is 3.58. The van der Waals surface area contributed by atoms with Crippen molar-refractivity contribution in [3.8, 4) is 0 Å². The molecule has 132 valence electrons. The molecule has 25 heavy (non-hydrogen) atoms. The number of hydrogen-bond acceptors (Lipinski definition) is 3. The van der Waals surface area contributed by atoms with Crippen LogP contribution in [0.5, 0.6) is 0 Å². The summed E-state index contributed by atoms with van der Waals surface area (Å²) in [4.78, 5) is 24.1. The molecule has 0 aliphatic rings. The number of benzene rings is 2. The number of rotatable bonds is 8. The number of halogens is 1. The van der Waals surface area contributed by atoms with Crippen molar-refractivity contribution in [3.63, 3.8) is 0 Å². The molecule has 2 aromatic rings. The largest absolute Gasteiger partial charge is 0.383 e. The maximum Gasteiger partial charge on any atom is 0.251 e. The molecule has 0 aromatic heterocycles. The van der Waals surface area contributed by atoms with Crippen molar-refractivity contribution < 1.29 is 14.3 Å². The molecule has 0 fully saturated rings. The van der Waals surface area contributed by atoms with Crippen molar-refractivity contribution in [2.24, 2.45) is 0 Å². The summed E-state index contributed by atoms with van der Waals surface area (Å²) < 4.78 is 4.90. The minimum atomic E-state index is -0.204. The molecule has 2 rings (SSSR count). The van der Waals surface area contributed by atoms with E-state index >= 15 is 0 Å². The Labute approximate surface area is 152 Å². The monoisotopic (exact) mass is 360 g/mol. The van der Waals surface area contributed by atoms with Gasteiger partial charge in [-0.3, -0.25) is 9.59 Å². The molecule has 0 saturated carbocycles. The number of aryl methyl sites for hydroxylation is 1. The van der Waals surface area contributed by atoms with Crippen molar-refractivity contribution in [2.75, 3.05) is 25.6 Å². The van der Waals surface area contributed by atoms with E-state index in [-0.39, 0.29) is 11.8 Å². The lowest BCUT2D eigenvalue weighted by Crippen LogP contribution is -2.27. The maximum atomic E-state index is 12.1. The lowest BCUT2D eigenvalue weighted by atomic mass is 10.1. The van der Waals surface area contributed by atoms with Crippen LogP contribution < -0.4 is 10.6 Å². The van der Waals surface area contributed by atoms with Crippen molar-refractivity contribution in [3.05, 3.63) is 64.7 Å². The second-order valence-corrected chi connectivity index (χ2v) is 5.88. The Morgan fingerprint density at radius 2 is 1.92 bits per heavy atom. The van der Waals surface area contributed by atoms with E-state index in [4.69, 9.17) is 16.3 Å². The first-order valence-electron chi connectivity index (χ1n) is 8.00. The van der Waals surface area contributed by atoms with Crippen LogP contribution in [0.1, 0.15) is 22.3 Å². The molecule has 0 unspecified atom stereocenters. The van der Waals surface area contributed by atoms with Gasteiger partial charge in [-0.2, -0.15) is 0 Å². The molecule has 0 aliphatic carbocycles. The summed E-state index contributed by atoms with van der Waals surface area (Å²) in [5, 5.41) is 6.21. The second kappa shape index (κ2) is 9.81. The van der Waals surface area contributed by atoms with E-state index in [2.05, 4.69) is 10.6 Å². The van der Waals surface area contributed by atoms with Gasteiger partial charge in [-0.05, 0) is 36.2 Å². The van der Waals surface area contributed by atoms with Crippen molar-refractivity contribution in [2.45, 2.75) is 12.8 Å². The number of carbonyl (C=O) groups excluding carboxylic acids is 2. The van der Waals surface area contributed by atoms with Gasteiger partial charge in [0.25, 0.3) is 5.91 Å². The Morgan fingerprint density at radius 1 is 1.12 bits per heavy atom. The summed E-state index contributed by atoms with van der Waals surface area (Å²) in [5.74, 6) is -0.332. The van der Waals surface area contributed by atoms with Crippen LogP contribution in [-0.4, -0.2) is 32.1 Å². The Hall–Kier alpha value is -2.37. The first kappa shape index (κ1) is 19.0. The van der Waals surface area contributed by atoms with E-state index in [1.165, 1.54) is 0 Å². The number of methoxy groups -OCH3 is 1. The molecule has 6 heteroatoms. The van der Waals surface area contributed by atoms with Gasteiger partial charge in [-0.15, -0.1) is 0 Å². The second-order valence-electron chi connectivity index (χ2n) is 5.47. The molecule has 0 atom stereocenters. The van der Waals surface area contributed by atoms with Crippen LogP contribution in [0.4, 0.5) is 5.69 Å². The van der Waals surface area contributed by atoms with Crippen LogP contribution in [0.2, 0.25) is 5.02 Å². The molecule has 0 saturated heterocycles. The summed E-state index contributed by atoms with van der Waals surface area (Å²) in [6, 6.07) is 14.3.